The number of rotatable bonds is 3. The van der Waals surface area contributed by atoms with Gasteiger partial charge < -0.3 is 14.5 Å². The lowest BCUT2D eigenvalue weighted by Gasteiger charge is -2.35. The van der Waals surface area contributed by atoms with E-state index in [0.717, 1.165) is 11.1 Å². The molecular formula is C17H19N3O4. The molecule has 0 radical (unpaired) electrons. The lowest BCUT2D eigenvalue weighted by atomic mass is 10.1. The van der Waals surface area contributed by atoms with E-state index >= 15 is 0 Å². The van der Waals surface area contributed by atoms with Gasteiger partial charge in [0.1, 0.15) is 6.61 Å². The van der Waals surface area contributed by atoms with E-state index in [1.54, 1.807) is 14.7 Å². The van der Waals surface area contributed by atoms with Gasteiger partial charge in [-0.1, -0.05) is 18.2 Å². The van der Waals surface area contributed by atoms with Crippen molar-refractivity contribution in [2.75, 3.05) is 32.8 Å². The average molecular weight is 329 g/mol. The molecule has 3 heterocycles. The second-order valence-electron chi connectivity index (χ2n) is 6.40. The first-order valence-corrected chi connectivity index (χ1v) is 8.22. The monoisotopic (exact) mass is 329 g/mol. The van der Waals surface area contributed by atoms with E-state index in [1.807, 2.05) is 24.3 Å². The van der Waals surface area contributed by atoms with Crippen molar-refractivity contribution >= 4 is 17.9 Å². The van der Waals surface area contributed by atoms with E-state index in [9.17, 15) is 14.4 Å². The Bertz CT molecular complexity index is 705. The molecule has 1 aromatic carbocycles. The molecule has 3 amide bonds. The Kier molecular flexibility index (Phi) is 3.63. The van der Waals surface area contributed by atoms with E-state index in [-0.39, 0.29) is 23.9 Å². The molecule has 0 saturated carbocycles. The van der Waals surface area contributed by atoms with Crippen molar-refractivity contribution in [2.45, 2.75) is 19.0 Å². The maximum absolute atomic E-state index is 12.4. The van der Waals surface area contributed by atoms with Gasteiger partial charge in [-0.15, -0.1) is 0 Å². The number of carbonyl (C=O) groups is 3. The van der Waals surface area contributed by atoms with Crippen LogP contribution < -0.4 is 0 Å². The van der Waals surface area contributed by atoms with Gasteiger partial charge in [0, 0.05) is 44.7 Å². The summed E-state index contributed by atoms with van der Waals surface area (Å²) in [7, 11) is 0. The van der Waals surface area contributed by atoms with Crippen LogP contribution in [-0.2, 0) is 16.1 Å². The number of ether oxygens (including phenoxy) is 1. The SMILES string of the molecule is O=C(CCN1Cc2ccccc2C1=O)N1CCN2C(=O)OCC2C1. The zero-order chi connectivity index (χ0) is 16.7. The molecule has 3 aliphatic heterocycles. The maximum Gasteiger partial charge on any atom is 0.410 e. The van der Waals surface area contributed by atoms with Crippen LogP contribution in [-0.4, -0.2) is 71.4 Å². The number of cyclic esters (lactones) is 1. The topological polar surface area (TPSA) is 70.2 Å². The summed E-state index contributed by atoms with van der Waals surface area (Å²) in [6.07, 6.45) is 0.0221. The molecule has 24 heavy (non-hydrogen) atoms. The third kappa shape index (κ3) is 2.50. The molecule has 7 nitrogen and oxygen atoms in total. The van der Waals surface area contributed by atoms with Gasteiger partial charge in [0.05, 0.1) is 6.04 Å². The van der Waals surface area contributed by atoms with Crippen LogP contribution in [0.3, 0.4) is 0 Å². The van der Waals surface area contributed by atoms with Crippen molar-refractivity contribution in [1.82, 2.24) is 14.7 Å². The third-order valence-corrected chi connectivity index (χ3v) is 4.96. The molecule has 0 aliphatic carbocycles. The van der Waals surface area contributed by atoms with Crippen LogP contribution in [0, 0.1) is 0 Å². The molecule has 1 unspecified atom stereocenters. The first kappa shape index (κ1) is 15.0. The quantitative estimate of drug-likeness (QED) is 0.818. The summed E-state index contributed by atoms with van der Waals surface area (Å²) >= 11 is 0. The molecule has 126 valence electrons. The Morgan fingerprint density at radius 1 is 1.21 bits per heavy atom. The van der Waals surface area contributed by atoms with Crippen molar-refractivity contribution in [3.8, 4) is 0 Å². The van der Waals surface area contributed by atoms with E-state index in [0.29, 0.717) is 45.8 Å². The van der Waals surface area contributed by atoms with E-state index in [2.05, 4.69) is 0 Å². The lowest BCUT2D eigenvalue weighted by Crippen LogP contribution is -2.54. The Labute approximate surface area is 139 Å². The molecule has 4 rings (SSSR count). The minimum atomic E-state index is -0.285. The van der Waals surface area contributed by atoms with Crippen molar-refractivity contribution < 1.29 is 19.1 Å². The molecule has 1 atom stereocenters. The minimum Gasteiger partial charge on any atom is -0.447 e. The molecule has 7 heteroatoms. The van der Waals surface area contributed by atoms with Gasteiger partial charge in [0.25, 0.3) is 5.91 Å². The number of hydrogen-bond donors (Lipinski definition) is 0. The van der Waals surface area contributed by atoms with E-state index in [4.69, 9.17) is 4.74 Å². The summed E-state index contributed by atoms with van der Waals surface area (Å²) in [5.41, 5.74) is 1.75. The summed E-state index contributed by atoms with van der Waals surface area (Å²) in [6, 6.07) is 7.52. The molecule has 0 aromatic heterocycles. The predicted molar refractivity (Wildman–Crippen MR) is 84.2 cm³/mol. The highest BCUT2D eigenvalue weighted by Crippen LogP contribution is 2.23. The number of nitrogens with zero attached hydrogens (tertiary/aromatic N) is 3. The second kappa shape index (κ2) is 5.81. The zero-order valence-electron chi connectivity index (χ0n) is 13.3. The van der Waals surface area contributed by atoms with Gasteiger partial charge in [-0.3, -0.25) is 14.5 Å². The van der Waals surface area contributed by atoms with Crippen LogP contribution >= 0.6 is 0 Å². The molecule has 0 N–H and O–H groups in total. The summed E-state index contributed by atoms with van der Waals surface area (Å²) in [5.74, 6) is 0.0239. The third-order valence-electron chi connectivity index (χ3n) is 4.96. The van der Waals surface area contributed by atoms with Gasteiger partial charge >= 0.3 is 6.09 Å². The highest BCUT2D eigenvalue weighted by atomic mass is 16.6. The fourth-order valence-corrected chi connectivity index (χ4v) is 3.60. The van der Waals surface area contributed by atoms with Crippen molar-refractivity contribution in [3.05, 3.63) is 35.4 Å². The number of benzene rings is 1. The number of amides is 3. The number of fused-ring (bicyclic) bond motifs is 2. The summed E-state index contributed by atoms with van der Waals surface area (Å²) in [5, 5.41) is 0. The summed E-state index contributed by atoms with van der Waals surface area (Å²) < 4.78 is 5.02. The van der Waals surface area contributed by atoms with Gasteiger partial charge in [-0.2, -0.15) is 0 Å². The van der Waals surface area contributed by atoms with Crippen LogP contribution in [0.2, 0.25) is 0 Å². The smallest absolute Gasteiger partial charge is 0.410 e. The Morgan fingerprint density at radius 3 is 2.88 bits per heavy atom. The maximum atomic E-state index is 12.4. The highest BCUT2D eigenvalue weighted by Gasteiger charge is 2.38. The Morgan fingerprint density at radius 2 is 2.04 bits per heavy atom. The summed E-state index contributed by atoms with van der Waals surface area (Å²) in [4.78, 5) is 41.4. The zero-order valence-corrected chi connectivity index (χ0v) is 13.3. The number of hydrogen-bond acceptors (Lipinski definition) is 4. The van der Waals surface area contributed by atoms with Crippen LogP contribution in [0.1, 0.15) is 22.3 Å². The minimum absolute atomic E-state index is 0.00184. The van der Waals surface area contributed by atoms with Gasteiger partial charge in [0.15, 0.2) is 0 Å². The Hall–Kier alpha value is -2.57. The van der Waals surface area contributed by atoms with E-state index in [1.165, 1.54) is 0 Å². The molecular weight excluding hydrogens is 310 g/mol. The van der Waals surface area contributed by atoms with Gasteiger partial charge in [-0.05, 0) is 11.6 Å². The lowest BCUT2D eigenvalue weighted by molar-refractivity contribution is -0.133. The molecule has 2 saturated heterocycles. The van der Waals surface area contributed by atoms with E-state index < -0.39 is 0 Å². The predicted octanol–water partition coefficient (Wildman–Crippen LogP) is 0.696. The first-order valence-electron chi connectivity index (χ1n) is 8.22. The molecule has 0 spiro atoms. The average Bonchev–Trinajstić information content (AvgIpc) is 3.13. The van der Waals surface area contributed by atoms with Crippen molar-refractivity contribution in [3.63, 3.8) is 0 Å². The second-order valence-corrected chi connectivity index (χ2v) is 6.40. The van der Waals surface area contributed by atoms with Crippen LogP contribution in [0.5, 0.6) is 0 Å². The normalized spacial score (nSPS) is 22.5. The molecule has 3 aliphatic rings. The highest BCUT2D eigenvalue weighted by molar-refractivity contribution is 5.98. The fourth-order valence-electron chi connectivity index (χ4n) is 3.60. The first-order chi connectivity index (χ1) is 11.6. The number of carbonyl (C=O) groups excluding carboxylic acids is 3. The molecule has 1 aromatic rings. The summed E-state index contributed by atoms with van der Waals surface area (Å²) in [6.45, 7) is 2.90. The molecule has 0 bridgehead atoms. The van der Waals surface area contributed by atoms with Crippen molar-refractivity contribution in [1.29, 1.82) is 0 Å². The van der Waals surface area contributed by atoms with Crippen LogP contribution in [0.4, 0.5) is 4.79 Å². The number of piperazine rings is 1. The van der Waals surface area contributed by atoms with Crippen molar-refractivity contribution in [2.24, 2.45) is 0 Å². The van der Waals surface area contributed by atoms with Crippen LogP contribution in [0.25, 0.3) is 0 Å². The van der Waals surface area contributed by atoms with Crippen LogP contribution in [0.15, 0.2) is 24.3 Å². The Balaban J connectivity index is 1.32. The fraction of sp³-hybridized carbons (Fsp3) is 0.471. The molecule has 2 fully saturated rings. The van der Waals surface area contributed by atoms with Gasteiger partial charge in [-0.25, -0.2) is 4.79 Å². The standard InChI is InChI=1S/C17H19N3O4/c21-15(18-7-8-20-13(10-18)11-24-17(20)23)5-6-19-9-12-3-1-2-4-14(12)16(19)22/h1-4,13H,5-11H2. The van der Waals surface area contributed by atoms with Gasteiger partial charge in [0.2, 0.25) is 5.91 Å². The largest absolute Gasteiger partial charge is 0.447 e.